The number of benzene rings is 1. The smallest absolute Gasteiger partial charge is 0.227 e. The van der Waals surface area contributed by atoms with Gasteiger partial charge in [0.2, 0.25) is 5.91 Å². The number of methoxy groups -OCH3 is 1. The molecule has 1 aromatic carbocycles. The maximum Gasteiger partial charge on any atom is 0.227 e. The monoisotopic (exact) mass is 345 g/mol. The van der Waals surface area contributed by atoms with Gasteiger partial charge in [-0.3, -0.25) is 4.79 Å². The highest BCUT2D eigenvalue weighted by atomic mass is 127. The maximum atomic E-state index is 11.9. The van der Waals surface area contributed by atoms with Crippen LogP contribution < -0.4 is 5.32 Å². The molecule has 17 heavy (non-hydrogen) atoms. The summed E-state index contributed by atoms with van der Waals surface area (Å²) >= 11 is 2.23. The summed E-state index contributed by atoms with van der Waals surface area (Å²) in [7, 11) is 1.69. The second kappa shape index (κ2) is 5.35. The van der Waals surface area contributed by atoms with Crippen LogP contribution in [0.15, 0.2) is 24.3 Å². The minimum atomic E-state index is -0.202. The number of anilines is 1. The number of hydrogen-bond acceptors (Lipinski definition) is 2. The quantitative estimate of drug-likeness (QED) is 0.852. The first-order valence-corrected chi connectivity index (χ1v) is 6.82. The fourth-order valence-electron chi connectivity index (χ4n) is 2.09. The van der Waals surface area contributed by atoms with E-state index < -0.39 is 0 Å². The van der Waals surface area contributed by atoms with Crippen molar-refractivity contribution in [3.8, 4) is 0 Å². The van der Waals surface area contributed by atoms with E-state index in [1.54, 1.807) is 7.11 Å². The highest BCUT2D eigenvalue weighted by Gasteiger charge is 2.38. The zero-order valence-corrected chi connectivity index (χ0v) is 12.0. The van der Waals surface area contributed by atoms with E-state index >= 15 is 0 Å². The van der Waals surface area contributed by atoms with Gasteiger partial charge in [-0.2, -0.15) is 0 Å². The molecule has 92 valence electrons. The van der Waals surface area contributed by atoms with Gasteiger partial charge in [-0.1, -0.05) is 6.07 Å². The summed E-state index contributed by atoms with van der Waals surface area (Å²) in [5.74, 6) is 0.0357. The maximum absolute atomic E-state index is 11.9. The lowest BCUT2D eigenvalue weighted by atomic mass is 9.77. The third-order valence-electron chi connectivity index (χ3n) is 3.29. The Morgan fingerprint density at radius 2 is 2.29 bits per heavy atom. The van der Waals surface area contributed by atoms with E-state index in [1.165, 1.54) is 0 Å². The number of hydrogen-bond donors (Lipinski definition) is 1. The molecule has 0 bridgehead atoms. The minimum Gasteiger partial charge on any atom is -0.378 e. The second-order valence-electron chi connectivity index (χ2n) is 4.48. The minimum absolute atomic E-state index is 0.0357. The van der Waals surface area contributed by atoms with Crippen LogP contribution in [0.5, 0.6) is 0 Å². The molecule has 0 saturated heterocycles. The predicted molar refractivity (Wildman–Crippen MR) is 76.0 cm³/mol. The van der Waals surface area contributed by atoms with Gasteiger partial charge in [0, 0.05) is 16.4 Å². The topological polar surface area (TPSA) is 38.3 Å². The van der Waals surface area contributed by atoms with Crippen LogP contribution in [0.4, 0.5) is 5.69 Å². The summed E-state index contributed by atoms with van der Waals surface area (Å²) in [6.07, 6.45) is 3.59. The van der Waals surface area contributed by atoms with Gasteiger partial charge < -0.3 is 10.1 Å². The van der Waals surface area contributed by atoms with Crippen molar-refractivity contribution in [2.75, 3.05) is 12.4 Å². The van der Waals surface area contributed by atoms with Crippen molar-refractivity contribution in [1.29, 1.82) is 0 Å². The molecule has 1 amide bonds. The molecule has 4 heteroatoms. The Bertz CT molecular complexity index is 410. The SMILES string of the molecule is COC1(CC(=O)Nc2cccc(I)c2)CCC1. The normalized spacial score (nSPS) is 17.3. The Hall–Kier alpha value is -0.620. The summed E-state index contributed by atoms with van der Waals surface area (Å²) in [4.78, 5) is 11.9. The van der Waals surface area contributed by atoms with E-state index in [1.807, 2.05) is 24.3 Å². The number of nitrogens with one attached hydrogen (secondary N) is 1. The molecule has 0 unspecified atom stereocenters. The summed E-state index contributed by atoms with van der Waals surface area (Å²) in [5.41, 5.74) is 0.652. The number of amides is 1. The van der Waals surface area contributed by atoms with Gasteiger partial charge in [0.05, 0.1) is 12.0 Å². The molecule has 1 saturated carbocycles. The summed E-state index contributed by atoms with van der Waals surface area (Å²) < 4.78 is 6.56. The van der Waals surface area contributed by atoms with Crippen molar-refractivity contribution in [2.45, 2.75) is 31.3 Å². The number of halogens is 1. The van der Waals surface area contributed by atoms with Gasteiger partial charge in [-0.05, 0) is 60.1 Å². The van der Waals surface area contributed by atoms with Crippen molar-refractivity contribution in [3.63, 3.8) is 0 Å². The summed E-state index contributed by atoms with van der Waals surface area (Å²) in [5, 5.41) is 2.92. The number of carbonyl (C=O) groups excluding carboxylic acids is 1. The predicted octanol–water partition coefficient (Wildman–Crippen LogP) is 3.19. The largest absolute Gasteiger partial charge is 0.378 e. The van der Waals surface area contributed by atoms with Crippen molar-refractivity contribution >= 4 is 34.2 Å². The van der Waals surface area contributed by atoms with E-state index in [4.69, 9.17) is 4.74 Å². The number of carbonyl (C=O) groups is 1. The Morgan fingerprint density at radius 1 is 1.53 bits per heavy atom. The molecule has 1 aliphatic carbocycles. The van der Waals surface area contributed by atoms with E-state index in [0.29, 0.717) is 6.42 Å². The molecule has 0 spiro atoms. The van der Waals surface area contributed by atoms with Crippen LogP contribution in [0, 0.1) is 3.57 Å². The van der Waals surface area contributed by atoms with Crippen LogP contribution in [0.25, 0.3) is 0 Å². The highest BCUT2D eigenvalue weighted by molar-refractivity contribution is 14.1. The number of rotatable bonds is 4. The average Bonchev–Trinajstić information content (AvgIpc) is 2.23. The Morgan fingerprint density at radius 3 is 2.82 bits per heavy atom. The molecule has 1 N–H and O–H groups in total. The van der Waals surface area contributed by atoms with Crippen molar-refractivity contribution in [1.82, 2.24) is 0 Å². The second-order valence-corrected chi connectivity index (χ2v) is 5.72. The van der Waals surface area contributed by atoms with Crippen LogP contribution >= 0.6 is 22.6 Å². The Kier molecular flexibility index (Phi) is 4.04. The molecule has 0 radical (unpaired) electrons. The Labute approximate surface area is 115 Å². The first kappa shape index (κ1) is 12.8. The lowest BCUT2D eigenvalue weighted by Crippen LogP contribution is -2.42. The van der Waals surface area contributed by atoms with Crippen molar-refractivity contribution in [2.24, 2.45) is 0 Å². The molecule has 0 aromatic heterocycles. The summed E-state index contributed by atoms with van der Waals surface area (Å²) in [6, 6.07) is 7.80. The third kappa shape index (κ3) is 3.19. The molecule has 0 atom stereocenters. The lowest BCUT2D eigenvalue weighted by molar-refractivity contribution is -0.129. The Balaban J connectivity index is 1.93. The van der Waals surface area contributed by atoms with Gasteiger partial charge in [-0.25, -0.2) is 0 Å². The van der Waals surface area contributed by atoms with E-state index in [2.05, 4.69) is 27.9 Å². The molecule has 1 fully saturated rings. The first-order chi connectivity index (χ1) is 8.13. The molecule has 1 aromatic rings. The molecule has 1 aliphatic rings. The average molecular weight is 345 g/mol. The molecular formula is C13H16INO2. The van der Waals surface area contributed by atoms with E-state index in [9.17, 15) is 4.79 Å². The highest BCUT2D eigenvalue weighted by Crippen LogP contribution is 2.38. The lowest BCUT2D eigenvalue weighted by Gasteiger charge is -2.39. The van der Waals surface area contributed by atoms with E-state index in [0.717, 1.165) is 28.5 Å². The van der Waals surface area contributed by atoms with Crippen LogP contribution in [0.3, 0.4) is 0 Å². The van der Waals surface area contributed by atoms with Crippen LogP contribution in [0.2, 0.25) is 0 Å². The van der Waals surface area contributed by atoms with Gasteiger partial charge in [0.1, 0.15) is 0 Å². The van der Waals surface area contributed by atoms with Crippen molar-refractivity contribution < 1.29 is 9.53 Å². The standard InChI is InChI=1S/C13H16INO2/c1-17-13(6-3-7-13)9-12(16)15-11-5-2-4-10(14)8-11/h2,4-5,8H,3,6-7,9H2,1H3,(H,15,16). The molecule has 3 nitrogen and oxygen atoms in total. The van der Waals surface area contributed by atoms with Gasteiger partial charge in [0.25, 0.3) is 0 Å². The van der Waals surface area contributed by atoms with Crippen molar-refractivity contribution in [3.05, 3.63) is 27.8 Å². The van der Waals surface area contributed by atoms with Gasteiger partial charge >= 0.3 is 0 Å². The van der Waals surface area contributed by atoms with Crippen LogP contribution in [-0.2, 0) is 9.53 Å². The van der Waals surface area contributed by atoms with Crippen LogP contribution in [0.1, 0.15) is 25.7 Å². The molecule has 0 aliphatic heterocycles. The fourth-order valence-corrected chi connectivity index (χ4v) is 2.63. The number of ether oxygens (including phenoxy) is 1. The zero-order chi connectivity index (χ0) is 12.3. The van der Waals surface area contributed by atoms with Gasteiger partial charge in [0.15, 0.2) is 0 Å². The zero-order valence-electron chi connectivity index (χ0n) is 9.83. The van der Waals surface area contributed by atoms with Crippen LogP contribution in [-0.4, -0.2) is 18.6 Å². The van der Waals surface area contributed by atoms with E-state index in [-0.39, 0.29) is 11.5 Å². The third-order valence-corrected chi connectivity index (χ3v) is 3.96. The first-order valence-electron chi connectivity index (χ1n) is 5.74. The summed E-state index contributed by atoms with van der Waals surface area (Å²) in [6.45, 7) is 0. The molecule has 0 heterocycles. The molecule has 2 rings (SSSR count). The van der Waals surface area contributed by atoms with Gasteiger partial charge in [-0.15, -0.1) is 0 Å². The fraction of sp³-hybridized carbons (Fsp3) is 0.462. The molecular weight excluding hydrogens is 329 g/mol.